The van der Waals surface area contributed by atoms with E-state index >= 15 is 0 Å². The number of epoxide rings is 1. The Hall–Kier alpha value is -0.120. The van der Waals surface area contributed by atoms with Gasteiger partial charge in [0.1, 0.15) is 11.2 Å². The van der Waals surface area contributed by atoms with E-state index < -0.39 is 11.4 Å². The minimum Gasteiger partial charge on any atom is -0.384 e. The molecule has 0 aromatic rings. The van der Waals surface area contributed by atoms with Gasteiger partial charge in [0.05, 0.1) is 0 Å². The lowest BCUT2D eigenvalue weighted by atomic mass is 9.53. The Labute approximate surface area is 76.7 Å². The first kappa shape index (κ1) is 7.21. The standard InChI is InChI=1S/C10H14O3/c11-8-2-6-1-7(3-8)5-9(4-6)10(8,12)13-9/h6-7,11-12H,1-5H2. The summed E-state index contributed by atoms with van der Waals surface area (Å²) in [5.41, 5.74) is -1.23. The number of aliphatic hydroxyl groups is 2. The zero-order chi connectivity index (χ0) is 8.90. The zero-order valence-corrected chi connectivity index (χ0v) is 7.49. The van der Waals surface area contributed by atoms with Crippen LogP contribution in [0.2, 0.25) is 0 Å². The van der Waals surface area contributed by atoms with Crippen molar-refractivity contribution in [2.24, 2.45) is 11.8 Å². The van der Waals surface area contributed by atoms with Crippen molar-refractivity contribution >= 4 is 0 Å². The maximum absolute atomic E-state index is 10.3. The van der Waals surface area contributed by atoms with Crippen molar-refractivity contribution in [3.05, 3.63) is 0 Å². The first-order valence-electron chi connectivity index (χ1n) is 5.22. The predicted molar refractivity (Wildman–Crippen MR) is 43.8 cm³/mol. The topological polar surface area (TPSA) is 53.0 Å². The van der Waals surface area contributed by atoms with Crippen molar-refractivity contribution in [3.8, 4) is 0 Å². The summed E-state index contributed by atoms with van der Waals surface area (Å²) in [7, 11) is 0. The number of hydrogen-bond donors (Lipinski definition) is 2. The molecule has 5 rings (SSSR count). The second-order valence-electron chi connectivity index (χ2n) is 5.56. The summed E-state index contributed by atoms with van der Waals surface area (Å²) in [4.78, 5) is 0. The maximum Gasteiger partial charge on any atom is 0.225 e. The smallest absolute Gasteiger partial charge is 0.225 e. The molecular weight excluding hydrogens is 168 g/mol. The van der Waals surface area contributed by atoms with Gasteiger partial charge in [-0.1, -0.05) is 0 Å². The fourth-order valence-electron chi connectivity index (χ4n) is 4.42. The average Bonchev–Trinajstić information content (AvgIpc) is 2.53. The van der Waals surface area contributed by atoms with Crippen molar-refractivity contribution in [2.45, 2.75) is 49.1 Å². The van der Waals surface area contributed by atoms with Crippen molar-refractivity contribution in [2.75, 3.05) is 0 Å². The van der Waals surface area contributed by atoms with Crippen LogP contribution in [0.1, 0.15) is 32.1 Å². The van der Waals surface area contributed by atoms with Gasteiger partial charge in [-0.3, -0.25) is 0 Å². The van der Waals surface area contributed by atoms with E-state index in [1.54, 1.807) is 0 Å². The van der Waals surface area contributed by atoms with Gasteiger partial charge >= 0.3 is 0 Å². The van der Waals surface area contributed by atoms with Gasteiger partial charge in [0, 0.05) is 0 Å². The SMILES string of the molecule is OC12CC3CC(C1)CC1(C3)OC21O. The van der Waals surface area contributed by atoms with Crippen LogP contribution >= 0.6 is 0 Å². The third-order valence-electron chi connectivity index (χ3n) is 4.71. The highest BCUT2D eigenvalue weighted by atomic mass is 16.8. The van der Waals surface area contributed by atoms with Crippen molar-refractivity contribution in [1.82, 2.24) is 0 Å². The molecule has 13 heavy (non-hydrogen) atoms. The highest BCUT2D eigenvalue weighted by Gasteiger charge is 2.85. The van der Waals surface area contributed by atoms with Gasteiger partial charge < -0.3 is 14.9 Å². The summed E-state index contributed by atoms with van der Waals surface area (Å²) in [6.45, 7) is 0. The van der Waals surface area contributed by atoms with Gasteiger partial charge in [-0.15, -0.1) is 0 Å². The van der Waals surface area contributed by atoms with Crippen LogP contribution in [-0.4, -0.2) is 27.2 Å². The van der Waals surface area contributed by atoms with Crippen LogP contribution < -0.4 is 0 Å². The van der Waals surface area contributed by atoms with E-state index in [1.807, 2.05) is 0 Å². The lowest BCUT2D eigenvalue weighted by molar-refractivity contribution is -0.205. The van der Waals surface area contributed by atoms with Crippen LogP contribution in [0.4, 0.5) is 0 Å². The minimum absolute atomic E-state index is 0.328. The monoisotopic (exact) mass is 182 g/mol. The van der Waals surface area contributed by atoms with E-state index in [9.17, 15) is 10.2 Å². The Kier molecular flexibility index (Phi) is 0.873. The van der Waals surface area contributed by atoms with Crippen LogP contribution in [0.5, 0.6) is 0 Å². The maximum atomic E-state index is 10.3. The van der Waals surface area contributed by atoms with Gasteiger partial charge in [0.15, 0.2) is 0 Å². The molecule has 0 amide bonds. The lowest BCUT2D eigenvalue weighted by Gasteiger charge is -2.52. The molecule has 4 aliphatic carbocycles. The summed E-state index contributed by atoms with van der Waals surface area (Å²) >= 11 is 0. The summed E-state index contributed by atoms with van der Waals surface area (Å²) in [5.74, 6) is 0.0356. The molecular formula is C10H14O3. The molecule has 3 heteroatoms. The summed E-state index contributed by atoms with van der Waals surface area (Å²) in [6, 6.07) is 0. The van der Waals surface area contributed by atoms with Crippen molar-refractivity contribution < 1.29 is 14.9 Å². The summed E-state index contributed by atoms with van der Waals surface area (Å²) < 4.78 is 5.49. The first-order chi connectivity index (χ1) is 6.07. The molecule has 72 valence electrons. The van der Waals surface area contributed by atoms with Gasteiger partial charge in [-0.25, -0.2) is 0 Å². The second-order valence-corrected chi connectivity index (χ2v) is 5.56. The zero-order valence-electron chi connectivity index (χ0n) is 7.49. The molecule has 1 aliphatic heterocycles. The van der Waals surface area contributed by atoms with Gasteiger partial charge in [0.2, 0.25) is 5.79 Å². The van der Waals surface area contributed by atoms with Gasteiger partial charge in [0.25, 0.3) is 0 Å². The number of ether oxygens (including phenoxy) is 1. The van der Waals surface area contributed by atoms with E-state index in [0.29, 0.717) is 11.8 Å². The molecule has 0 aromatic heterocycles. The minimum atomic E-state index is -1.16. The predicted octanol–water partition coefficient (Wildman–Crippen LogP) is 0.399. The third-order valence-corrected chi connectivity index (χ3v) is 4.71. The molecule has 5 fully saturated rings. The fraction of sp³-hybridized carbons (Fsp3) is 1.00. The quantitative estimate of drug-likeness (QED) is 0.533. The van der Waals surface area contributed by atoms with Gasteiger partial charge in [-0.05, 0) is 43.9 Å². The molecule has 0 radical (unpaired) electrons. The van der Waals surface area contributed by atoms with E-state index in [1.165, 1.54) is 6.42 Å². The third kappa shape index (κ3) is 0.551. The lowest BCUT2D eigenvalue weighted by Crippen LogP contribution is -2.62. The van der Waals surface area contributed by atoms with Crippen molar-refractivity contribution in [3.63, 3.8) is 0 Å². The molecule has 0 aromatic carbocycles. The number of hydrogen-bond acceptors (Lipinski definition) is 3. The Balaban J connectivity index is 1.90. The van der Waals surface area contributed by atoms with Crippen LogP contribution in [0, 0.1) is 11.8 Å². The normalized spacial score (nSPS) is 72.5. The molecule has 3 nitrogen and oxygen atoms in total. The molecule has 3 atom stereocenters. The molecule has 3 unspecified atom stereocenters. The van der Waals surface area contributed by atoms with E-state index in [0.717, 1.165) is 25.7 Å². The summed E-state index contributed by atoms with van der Waals surface area (Å²) in [6.07, 6.45) is 4.69. The van der Waals surface area contributed by atoms with Crippen LogP contribution in [0.15, 0.2) is 0 Å². The van der Waals surface area contributed by atoms with Crippen molar-refractivity contribution in [1.29, 1.82) is 0 Å². The molecule has 5 aliphatic rings. The Morgan fingerprint density at radius 1 is 1.00 bits per heavy atom. The van der Waals surface area contributed by atoms with E-state index in [2.05, 4.69) is 0 Å². The molecule has 2 N–H and O–H groups in total. The molecule has 1 spiro atoms. The average molecular weight is 182 g/mol. The first-order valence-corrected chi connectivity index (χ1v) is 5.22. The molecule has 4 saturated carbocycles. The second kappa shape index (κ2) is 1.58. The number of rotatable bonds is 0. The molecule has 4 bridgehead atoms. The van der Waals surface area contributed by atoms with Gasteiger partial charge in [-0.2, -0.15) is 0 Å². The van der Waals surface area contributed by atoms with E-state index in [4.69, 9.17) is 4.74 Å². The van der Waals surface area contributed by atoms with Crippen LogP contribution in [-0.2, 0) is 4.74 Å². The highest BCUT2D eigenvalue weighted by Crippen LogP contribution is 2.72. The molecule has 1 heterocycles. The molecule has 1 saturated heterocycles. The Morgan fingerprint density at radius 3 is 2.15 bits per heavy atom. The van der Waals surface area contributed by atoms with E-state index in [-0.39, 0.29) is 5.60 Å². The Morgan fingerprint density at radius 2 is 1.62 bits per heavy atom. The van der Waals surface area contributed by atoms with Crippen LogP contribution in [0.25, 0.3) is 0 Å². The fourth-order valence-corrected chi connectivity index (χ4v) is 4.42. The highest BCUT2D eigenvalue weighted by molar-refractivity contribution is 5.28. The Bertz CT molecular complexity index is 287. The largest absolute Gasteiger partial charge is 0.384 e. The summed E-state index contributed by atoms with van der Waals surface area (Å²) in [5, 5.41) is 20.4. The van der Waals surface area contributed by atoms with Crippen LogP contribution in [0.3, 0.4) is 0 Å².